The Morgan fingerprint density at radius 1 is 1.25 bits per heavy atom. The number of nitrogens with zero attached hydrogens (tertiary/aromatic N) is 4. The highest BCUT2D eigenvalue weighted by Crippen LogP contribution is 2.23. The first-order valence-electron chi connectivity index (χ1n) is 7.82. The molecule has 1 fully saturated rings. The molecule has 7 heteroatoms. The Morgan fingerprint density at radius 3 is 2.67 bits per heavy atom. The van der Waals surface area contributed by atoms with Crippen molar-refractivity contribution in [3.8, 4) is 0 Å². The Hall–Kier alpha value is -2.67. The third-order valence-corrected chi connectivity index (χ3v) is 4.00. The lowest BCUT2D eigenvalue weighted by atomic mass is 10.1. The number of carboxylic acids is 1. The molecule has 1 aromatic carbocycles. The van der Waals surface area contributed by atoms with Gasteiger partial charge in [0.15, 0.2) is 5.69 Å². The summed E-state index contributed by atoms with van der Waals surface area (Å²) in [5.74, 6) is -0.439. The molecule has 0 spiro atoms. The lowest BCUT2D eigenvalue weighted by Crippen LogP contribution is -2.37. The minimum absolute atomic E-state index is 0.0548. The predicted molar refractivity (Wildman–Crippen MR) is 90.6 cm³/mol. The highest BCUT2D eigenvalue weighted by Gasteiger charge is 2.16. The van der Waals surface area contributed by atoms with E-state index in [4.69, 9.17) is 9.84 Å². The van der Waals surface area contributed by atoms with Gasteiger partial charge in [-0.3, -0.25) is 0 Å². The van der Waals surface area contributed by atoms with Crippen molar-refractivity contribution in [1.29, 1.82) is 0 Å². The zero-order valence-corrected chi connectivity index (χ0v) is 13.6. The number of morpholine rings is 1. The third-order valence-electron chi connectivity index (χ3n) is 4.00. The van der Waals surface area contributed by atoms with E-state index in [1.807, 2.05) is 24.1 Å². The molecule has 2 aromatic rings. The van der Waals surface area contributed by atoms with Crippen molar-refractivity contribution in [1.82, 2.24) is 9.97 Å². The Balaban J connectivity index is 1.76. The van der Waals surface area contributed by atoms with Gasteiger partial charge in [-0.2, -0.15) is 0 Å². The van der Waals surface area contributed by atoms with Crippen LogP contribution in [0.4, 0.5) is 11.5 Å². The van der Waals surface area contributed by atoms with Crippen LogP contribution >= 0.6 is 0 Å². The van der Waals surface area contributed by atoms with Crippen LogP contribution in [0.2, 0.25) is 0 Å². The minimum Gasteiger partial charge on any atom is -0.476 e. The fourth-order valence-corrected chi connectivity index (χ4v) is 2.72. The molecule has 1 saturated heterocycles. The predicted octanol–water partition coefficient (Wildman–Crippen LogP) is 1.65. The second kappa shape index (κ2) is 7.27. The summed E-state index contributed by atoms with van der Waals surface area (Å²) in [4.78, 5) is 23.3. The summed E-state index contributed by atoms with van der Waals surface area (Å²) >= 11 is 0. The molecule has 0 radical (unpaired) electrons. The minimum atomic E-state index is -1.07. The monoisotopic (exact) mass is 328 g/mol. The van der Waals surface area contributed by atoms with Gasteiger partial charge < -0.3 is 19.6 Å². The van der Waals surface area contributed by atoms with E-state index in [-0.39, 0.29) is 5.69 Å². The van der Waals surface area contributed by atoms with Crippen LogP contribution in [0, 0.1) is 0 Å². The van der Waals surface area contributed by atoms with Crippen LogP contribution in [0.25, 0.3) is 0 Å². The van der Waals surface area contributed by atoms with E-state index in [9.17, 15) is 4.79 Å². The summed E-state index contributed by atoms with van der Waals surface area (Å²) in [6.07, 6.45) is 2.77. The Kier molecular flexibility index (Phi) is 4.90. The van der Waals surface area contributed by atoms with E-state index in [1.165, 1.54) is 23.6 Å². The molecule has 0 amide bonds. The first-order valence-corrected chi connectivity index (χ1v) is 7.82. The molecule has 3 rings (SSSR count). The smallest absolute Gasteiger partial charge is 0.356 e. The maximum atomic E-state index is 10.9. The van der Waals surface area contributed by atoms with Gasteiger partial charge in [0.2, 0.25) is 0 Å². The fourth-order valence-electron chi connectivity index (χ4n) is 2.72. The van der Waals surface area contributed by atoms with Crippen molar-refractivity contribution in [3.63, 3.8) is 0 Å². The van der Waals surface area contributed by atoms with Crippen LogP contribution in [-0.4, -0.2) is 54.4 Å². The molecule has 0 atom stereocenters. The molecule has 126 valence electrons. The summed E-state index contributed by atoms with van der Waals surface area (Å²) in [5.41, 5.74) is 2.33. The molecule has 2 heterocycles. The van der Waals surface area contributed by atoms with Crippen LogP contribution in [0.3, 0.4) is 0 Å². The summed E-state index contributed by atoms with van der Waals surface area (Å²) < 4.78 is 5.42. The van der Waals surface area contributed by atoms with Gasteiger partial charge in [0.05, 0.1) is 25.6 Å². The van der Waals surface area contributed by atoms with Crippen LogP contribution in [-0.2, 0) is 11.3 Å². The summed E-state index contributed by atoms with van der Waals surface area (Å²) in [6, 6.07) is 8.27. The van der Waals surface area contributed by atoms with Crippen molar-refractivity contribution in [3.05, 3.63) is 47.9 Å². The Bertz CT molecular complexity index is 699. The highest BCUT2D eigenvalue weighted by molar-refractivity contribution is 5.84. The van der Waals surface area contributed by atoms with Crippen molar-refractivity contribution in [2.75, 3.05) is 43.2 Å². The number of hydrogen-bond acceptors (Lipinski definition) is 6. The van der Waals surface area contributed by atoms with Gasteiger partial charge in [0.25, 0.3) is 0 Å². The molecule has 24 heavy (non-hydrogen) atoms. The molecule has 0 bridgehead atoms. The summed E-state index contributed by atoms with van der Waals surface area (Å²) in [6.45, 7) is 3.91. The number of aromatic nitrogens is 2. The largest absolute Gasteiger partial charge is 0.476 e. The molecule has 1 aromatic heterocycles. The summed E-state index contributed by atoms with van der Waals surface area (Å²) in [7, 11) is 1.92. The average molecular weight is 328 g/mol. The number of aromatic carboxylic acids is 1. The molecule has 7 nitrogen and oxygen atoms in total. The van der Waals surface area contributed by atoms with Crippen molar-refractivity contribution in [2.45, 2.75) is 6.54 Å². The van der Waals surface area contributed by atoms with Gasteiger partial charge in [-0.15, -0.1) is 0 Å². The topological polar surface area (TPSA) is 78.8 Å². The quantitative estimate of drug-likeness (QED) is 0.894. The maximum Gasteiger partial charge on any atom is 0.356 e. The molecule has 1 N–H and O–H groups in total. The lowest BCUT2D eigenvalue weighted by Gasteiger charge is -2.31. The molecule has 0 saturated carbocycles. The van der Waals surface area contributed by atoms with Crippen LogP contribution in [0.1, 0.15) is 16.1 Å². The molecule has 0 unspecified atom stereocenters. The number of para-hydroxylation sites is 1. The number of carboxylic acid groups (broad SMARTS) is 1. The Morgan fingerprint density at radius 2 is 2.00 bits per heavy atom. The Labute approximate surface area is 140 Å². The number of carbonyl (C=O) groups is 1. The van der Waals surface area contributed by atoms with Gasteiger partial charge in [0.1, 0.15) is 5.82 Å². The molecular formula is C17H20N4O3. The van der Waals surface area contributed by atoms with Crippen molar-refractivity contribution >= 4 is 17.5 Å². The molecule has 1 aliphatic rings. The van der Waals surface area contributed by atoms with Crippen LogP contribution in [0.5, 0.6) is 0 Å². The molecular weight excluding hydrogens is 308 g/mol. The second-order valence-corrected chi connectivity index (χ2v) is 5.65. The standard InChI is InChI=1S/C17H20N4O3/c1-20(16-11-18-14(10-19-16)17(22)23)12-13-4-2-3-5-15(13)21-6-8-24-9-7-21/h2-5,10-11H,6-9,12H2,1H3,(H,22,23). The van der Waals surface area contributed by atoms with E-state index in [0.717, 1.165) is 26.3 Å². The number of rotatable bonds is 5. The van der Waals surface area contributed by atoms with Crippen LogP contribution in [0.15, 0.2) is 36.7 Å². The second-order valence-electron chi connectivity index (χ2n) is 5.65. The van der Waals surface area contributed by atoms with Gasteiger partial charge in [-0.05, 0) is 11.6 Å². The molecule has 1 aliphatic heterocycles. The number of benzene rings is 1. The maximum absolute atomic E-state index is 10.9. The zero-order chi connectivity index (χ0) is 16.9. The zero-order valence-electron chi connectivity index (χ0n) is 13.6. The SMILES string of the molecule is CN(Cc1ccccc1N1CCOCC1)c1cnc(C(=O)O)cn1. The van der Waals surface area contributed by atoms with Gasteiger partial charge in [0, 0.05) is 32.4 Å². The number of hydrogen-bond donors (Lipinski definition) is 1. The van der Waals surface area contributed by atoms with Crippen molar-refractivity contribution in [2.24, 2.45) is 0 Å². The molecule has 0 aliphatic carbocycles. The van der Waals surface area contributed by atoms with E-state index < -0.39 is 5.97 Å². The number of anilines is 2. The third kappa shape index (κ3) is 3.62. The lowest BCUT2D eigenvalue weighted by molar-refractivity contribution is 0.0690. The van der Waals surface area contributed by atoms with Gasteiger partial charge >= 0.3 is 5.97 Å². The first kappa shape index (κ1) is 16.2. The normalized spacial score (nSPS) is 14.5. The van der Waals surface area contributed by atoms with E-state index in [2.05, 4.69) is 27.0 Å². The van der Waals surface area contributed by atoms with Gasteiger partial charge in [-0.25, -0.2) is 14.8 Å². The van der Waals surface area contributed by atoms with Crippen LogP contribution < -0.4 is 9.80 Å². The average Bonchev–Trinajstić information content (AvgIpc) is 2.63. The first-order chi connectivity index (χ1) is 11.6. The van der Waals surface area contributed by atoms with Gasteiger partial charge in [-0.1, -0.05) is 18.2 Å². The van der Waals surface area contributed by atoms with E-state index >= 15 is 0 Å². The number of ether oxygens (including phenoxy) is 1. The fraction of sp³-hybridized carbons (Fsp3) is 0.353. The van der Waals surface area contributed by atoms with E-state index in [0.29, 0.717) is 12.4 Å². The highest BCUT2D eigenvalue weighted by atomic mass is 16.5. The van der Waals surface area contributed by atoms with E-state index in [1.54, 1.807) is 0 Å². The summed E-state index contributed by atoms with van der Waals surface area (Å²) in [5, 5.41) is 8.90. The van der Waals surface area contributed by atoms with Crippen molar-refractivity contribution < 1.29 is 14.6 Å².